The van der Waals surface area contributed by atoms with Crippen LogP contribution in [0.15, 0.2) is 18.3 Å². The lowest BCUT2D eigenvalue weighted by Crippen LogP contribution is -2.27. The van der Waals surface area contributed by atoms with Gasteiger partial charge in [0.05, 0.1) is 5.69 Å². The molecule has 2 heterocycles. The summed E-state index contributed by atoms with van der Waals surface area (Å²) in [6.07, 6.45) is 1.55. The Morgan fingerprint density at radius 3 is 2.65 bits per heavy atom. The highest BCUT2D eigenvalue weighted by atomic mass is 32.1. The van der Waals surface area contributed by atoms with E-state index >= 15 is 0 Å². The topological polar surface area (TPSA) is 83.4 Å². The molecule has 0 saturated heterocycles. The van der Waals surface area contributed by atoms with Crippen molar-refractivity contribution in [2.75, 3.05) is 11.9 Å². The number of anilines is 1. The zero-order valence-corrected chi connectivity index (χ0v) is 12.1. The largest absolute Gasteiger partial charge is 0.478 e. The third kappa shape index (κ3) is 2.53. The van der Waals surface area contributed by atoms with Crippen LogP contribution in [0.3, 0.4) is 0 Å². The number of nitrogens with zero attached hydrogens (tertiary/aromatic N) is 3. The second-order valence-corrected chi connectivity index (χ2v) is 5.06. The van der Waals surface area contributed by atoms with Crippen LogP contribution in [0.25, 0.3) is 0 Å². The number of carbonyl (C=O) groups is 2. The first-order valence-electron chi connectivity index (χ1n) is 5.82. The summed E-state index contributed by atoms with van der Waals surface area (Å²) in [6, 6.07) is 3.26. The van der Waals surface area contributed by atoms with Gasteiger partial charge in [-0.05, 0) is 37.5 Å². The molecule has 0 atom stereocenters. The molecule has 0 unspecified atom stereocenters. The lowest BCUT2D eigenvalue weighted by atomic mass is 10.2. The number of pyridine rings is 1. The standard InChI is InChI=1S/C13H13N3O3S/c1-7-6-9(4-5-14-7)11(17)16(3)12-10(13(18)19)8(2)15-20-12/h4-6H,1-3H3,(H,18,19). The summed E-state index contributed by atoms with van der Waals surface area (Å²) in [7, 11) is 1.54. The summed E-state index contributed by atoms with van der Waals surface area (Å²) < 4.78 is 4.01. The molecule has 1 amide bonds. The fraction of sp³-hybridized carbons (Fsp3) is 0.231. The number of aryl methyl sites for hydroxylation is 2. The van der Waals surface area contributed by atoms with Crippen molar-refractivity contribution >= 4 is 28.4 Å². The van der Waals surface area contributed by atoms with E-state index in [0.29, 0.717) is 16.3 Å². The number of aromatic carboxylic acids is 1. The van der Waals surface area contributed by atoms with Crippen LogP contribution in [0, 0.1) is 13.8 Å². The Morgan fingerprint density at radius 1 is 1.35 bits per heavy atom. The SMILES string of the molecule is Cc1cc(C(=O)N(C)c2snc(C)c2C(=O)O)ccn1. The quantitative estimate of drug-likeness (QED) is 0.936. The maximum absolute atomic E-state index is 12.4. The molecule has 0 aliphatic carbocycles. The second kappa shape index (κ2) is 5.38. The van der Waals surface area contributed by atoms with Crippen LogP contribution in [-0.2, 0) is 0 Å². The van der Waals surface area contributed by atoms with Crippen LogP contribution in [0.5, 0.6) is 0 Å². The molecule has 2 aromatic heterocycles. The normalized spacial score (nSPS) is 10.3. The van der Waals surface area contributed by atoms with Gasteiger partial charge in [-0.3, -0.25) is 9.78 Å². The third-order valence-corrected chi connectivity index (χ3v) is 3.83. The van der Waals surface area contributed by atoms with Gasteiger partial charge in [0.25, 0.3) is 5.91 Å². The summed E-state index contributed by atoms with van der Waals surface area (Å²) >= 11 is 0.998. The summed E-state index contributed by atoms with van der Waals surface area (Å²) in [5, 5.41) is 9.53. The van der Waals surface area contributed by atoms with Crippen molar-refractivity contribution in [2.24, 2.45) is 0 Å². The minimum atomic E-state index is -1.09. The van der Waals surface area contributed by atoms with E-state index in [-0.39, 0.29) is 11.5 Å². The van der Waals surface area contributed by atoms with Gasteiger partial charge in [0.1, 0.15) is 10.6 Å². The summed E-state index contributed by atoms with van der Waals surface area (Å²) in [5.74, 6) is -1.38. The first-order chi connectivity index (χ1) is 9.41. The van der Waals surface area contributed by atoms with E-state index in [0.717, 1.165) is 17.2 Å². The molecule has 0 saturated carbocycles. The van der Waals surface area contributed by atoms with E-state index in [1.165, 1.54) is 11.9 Å². The van der Waals surface area contributed by atoms with Crippen molar-refractivity contribution in [3.05, 3.63) is 40.8 Å². The zero-order chi connectivity index (χ0) is 14.9. The van der Waals surface area contributed by atoms with Crippen molar-refractivity contribution in [3.8, 4) is 0 Å². The maximum Gasteiger partial charge on any atom is 0.340 e. The molecule has 0 aromatic carbocycles. The summed E-state index contributed by atoms with van der Waals surface area (Å²) in [4.78, 5) is 28.9. The molecule has 0 bridgehead atoms. The maximum atomic E-state index is 12.4. The Balaban J connectivity index is 2.39. The van der Waals surface area contributed by atoms with Gasteiger partial charge in [0, 0.05) is 24.5 Å². The second-order valence-electron chi connectivity index (χ2n) is 4.30. The molecule has 0 aliphatic heterocycles. The van der Waals surface area contributed by atoms with Crippen LogP contribution in [-0.4, -0.2) is 33.4 Å². The van der Waals surface area contributed by atoms with Gasteiger partial charge in [0.15, 0.2) is 0 Å². The molecule has 0 spiro atoms. The van der Waals surface area contributed by atoms with Gasteiger partial charge in [-0.25, -0.2) is 4.79 Å². The number of carboxylic acids is 1. The molecule has 0 fully saturated rings. The third-order valence-electron chi connectivity index (χ3n) is 2.81. The van der Waals surface area contributed by atoms with Gasteiger partial charge < -0.3 is 10.0 Å². The lowest BCUT2D eigenvalue weighted by molar-refractivity contribution is 0.0697. The minimum absolute atomic E-state index is 0.0663. The molecule has 1 N–H and O–H groups in total. The van der Waals surface area contributed by atoms with Crippen LogP contribution in [0.4, 0.5) is 5.00 Å². The Labute approximate surface area is 119 Å². The van der Waals surface area contributed by atoms with Crippen molar-refractivity contribution in [1.82, 2.24) is 9.36 Å². The lowest BCUT2D eigenvalue weighted by Gasteiger charge is -2.16. The highest BCUT2D eigenvalue weighted by Gasteiger charge is 2.24. The van der Waals surface area contributed by atoms with Crippen LogP contribution in [0.1, 0.15) is 32.1 Å². The van der Waals surface area contributed by atoms with Gasteiger partial charge in [-0.15, -0.1) is 0 Å². The molecule has 0 radical (unpaired) electrons. The minimum Gasteiger partial charge on any atom is -0.478 e. The van der Waals surface area contributed by atoms with Gasteiger partial charge in [0.2, 0.25) is 0 Å². The van der Waals surface area contributed by atoms with E-state index < -0.39 is 5.97 Å². The Morgan fingerprint density at radius 2 is 2.05 bits per heavy atom. The molecule has 20 heavy (non-hydrogen) atoms. The van der Waals surface area contributed by atoms with E-state index in [9.17, 15) is 14.7 Å². The zero-order valence-electron chi connectivity index (χ0n) is 11.2. The predicted octanol–water partition coefficient (Wildman–Crippen LogP) is 2.13. The molecule has 2 aromatic rings. The van der Waals surface area contributed by atoms with Gasteiger partial charge in [-0.2, -0.15) is 4.37 Å². The van der Waals surface area contributed by atoms with Crippen molar-refractivity contribution < 1.29 is 14.7 Å². The number of hydrogen-bond donors (Lipinski definition) is 1. The Bertz CT molecular complexity index is 681. The fourth-order valence-corrected chi connectivity index (χ4v) is 2.64. The fourth-order valence-electron chi connectivity index (χ4n) is 1.80. The van der Waals surface area contributed by atoms with Crippen LogP contribution < -0.4 is 4.90 Å². The molecular formula is C13H13N3O3S. The van der Waals surface area contributed by atoms with Crippen LogP contribution >= 0.6 is 11.5 Å². The predicted molar refractivity (Wildman–Crippen MR) is 75.5 cm³/mol. The smallest absolute Gasteiger partial charge is 0.340 e. The van der Waals surface area contributed by atoms with E-state index in [4.69, 9.17) is 0 Å². The van der Waals surface area contributed by atoms with Crippen molar-refractivity contribution in [1.29, 1.82) is 0 Å². The molecule has 6 nitrogen and oxygen atoms in total. The molecule has 104 valence electrons. The highest BCUT2D eigenvalue weighted by molar-refractivity contribution is 7.11. The highest BCUT2D eigenvalue weighted by Crippen LogP contribution is 2.28. The number of amides is 1. The number of carboxylic acid groups (broad SMARTS) is 1. The first-order valence-corrected chi connectivity index (χ1v) is 6.59. The average Bonchev–Trinajstić information content (AvgIpc) is 2.79. The Kier molecular flexibility index (Phi) is 3.80. The number of carbonyl (C=O) groups excluding carboxylic acids is 1. The van der Waals surface area contributed by atoms with Gasteiger partial charge in [-0.1, -0.05) is 0 Å². The number of aromatic nitrogens is 2. The van der Waals surface area contributed by atoms with Crippen LogP contribution in [0.2, 0.25) is 0 Å². The first kappa shape index (κ1) is 14.1. The molecule has 7 heteroatoms. The average molecular weight is 291 g/mol. The van der Waals surface area contributed by atoms with E-state index in [1.54, 1.807) is 32.2 Å². The molecular weight excluding hydrogens is 278 g/mol. The number of rotatable bonds is 3. The van der Waals surface area contributed by atoms with E-state index in [1.807, 2.05) is 0 Å². The summed E-state index contributed by atoms with van der Waals surface area (Å²) in [5.41, 5.74) is 1.66. The molecule has 2 rings (SSSR count). The Hall–Kier alpha value is -2.28. The monoisotopic (exact) mass is 291 g/mol. The molecule has 0 aliphatic rings. The van der Waals surface area contributed by atoms with E-state index in [2.05, 4.69) is 9.36 Å². The van der Waals surface area contributed by atoms with Gasteiger partial charge >= 0.3 is 5.97 Å². The number of hydrogen-bond acceptors (Lipinski definition) is 5. The van der Waals surface area contributed by atoms with Crippen molar-refractivity contribution in [2.45, 2.75) is 13.8 Å². The summed E-state index contributed by atoms with van der Waals surface area (Å²) in [6.45, 7) is 3.40. The van der Waals surface area contributed by atoms with Crippen molar-refractivity contribution in [3.63, 3.8) is 0 Å².